The molecule has 0 aliphatic carbocycles. The van der Waals surface area contributed by atoms with Crippen LogP contribution in [0.2, 0.25) is 0 Å². The molecule has 0 aromatic heterocycles. The zero-order valence-electron chi connectivity index (χ0n) is 10.8. The maximum atomic E-state index is 12.0. The summed E-state index contributed by atoms with van der Waals surface area (Å²) in [5.74, 6) is 0.148. The van der Waals surface area contributed by atoms with Crippen molar-refractivity contribution in [3.8, 4) is 6.07 Å². The summed E-state index contributed by atoms with van der Waals surface area (Å²) in [6, 6.07) is 9.18. The minimum atomic E-state index is -3.22. The van der Waals surface area contributed by atoms with Gasteiger partial charge in [0.2, 0.25) is 10.0 Å². The summed E-state index contributed by atoms with van der Waals surface area (Å²) in [5, 5.41) is 8.99. The van der Waals surface area contributed by atoms with E-state index in [2.05, 4.69) is 6.07 Å². The van der Waals surface area contributed by atoms with Gasteiger partial charge < -0.3 is 0 Å². The molecule has 0 unspecified atom stereocenters. The van der Waals surface area contributed by atoms with Crippen LogP contribution in [-0.4, -0.2) is 25.0 Å². The molecule has 1 aromatic carbocycles. The highest BCUT2D eigenvalue weighted by Gasteiger charge is 2.20. The Morgan fingerprint density at radius 1 is 1.28 bits per heavy atom. The molecule has 0 saturated heterocycles. The summed E-state index contributed by atoms with van der Waals surface area (Å²) in [7, 11) is -3.22. The van der Waals surface area contributed by atoms with Crippen LogP contribution in [0.15, 0.2) is 24.3 Å². The Balaban J connectivity index is 2.97. The van der Waals surface area contributed by atoms with Crippen LogP contribution in [0.1, 0.15) is 31.4 Å². The quantitative estimate of drug-likeness (QED) is 0.792. The second-order valence-corrected chi connectivity index (χ2v) is 6.10. The van der Waals surface area contributed by atoms with Crippen molar-refractivity contribution in [2.75, 3.05) is 12.3 Å². The van der Waals surface area contributed by atoms with Crippen LogP contribution in [0.4, 0.5) is 0 Å². The smallest absolute Gasteiger partial charge is 0.212 e. The summed E-state index contributed by atoms with van der Waals surface area (Å²) in [6.07, 6.45) is 0.596. The maximum absolute atomic E-state index is 12.0. The van der Waals surface area contributed by atoms with E-state index in [-0.39, 0.29) is 12.3 Å². The average molecular weight is 266 g/mol. The Kier molecular flexibility index (Phi) is 5.32. The van der Waals surface area contributed by atoms with Gasteiger partial charge >= 0.3 is 0 Å². The number of benzene rings is 1. The Morgan fingerprint density at radius 2 is 1.94 bits per heavy atom. The van der Waals surface area contributed by atoms with Crippen molar-refractivity contribution in [2.24, 2.45) is 0 Å². The fraction of sp³-hybridized carbons (Fsp3) is 0.462. The molecule has 0 amide bonds. The SMILES string of the molecule is CCCS(=O)(=O)N(CC)Cc1ccccc1C#N. The summed E-state index contributed by atoms with van der Waals surface area (Å²) in [4.78, 5) is 0. The zero-order valence-corrected chi connectivity index (χ0v) is 11.6. The molecule has 0 aliphatic heterocycles. The normalized spacial score (nSPS) is 11.4. The molecule has 18 heavy (non-hydrogen) atoms. The summed E-state index contributed by atoms with van der Waals surface area (Å²) in [6.45, 7) is 4.33. The van der Waals surface area contributed by atoms with Gasteiger partial charge in [0.15, 0.2) is 0 Å². The van der Waals surface area contributed by atoms with Gasteiger partial charge in [-0.15, -0.1) is 0 Å². The zero-order chi connectivity index (χ0) is 13.6. The second kappa shape index (κ2) is 6.53. The van der Waals surface area contributed by atoms with E-state index in [1.54, 1.807) is 18.2 Å². The van der Waals surface area contributed by atoms with Crippen molar-refractivity contribution in [1.82, 2.24) is 4.31 Å². The van der Waals surface area contributed by atoms with Crippen LogP contribution in [0.3, 0.4) is 0 Å². The lowest BCUT2D eigenvalue weighted by Crippen LogP contribution is -2.32. The second-order valence-electron chi connectivity index (χ2n) is 4.01. The highest BCUT2D eigenvalue weighted by Crippen LogP contribution is 2.14. The average Bonchev–Trinajstić information content (AvgIpc) is 2.36. The van der Waals surface area contributed by atoms with Gasteiger partial charge in [0.05, 0.1) is 17.4 Å². The van der Waals surface area contributed by atoms with Gasteiger partial charge in [-0.2, -0.15) is 9.57 Å². The van der Waals surface area contributed by atoms with E-state index in [0.717, 1.165) is 5.56 Å². The highest BCUT2D eigenvalue weighted by atomic mass is 32.2. The first-order valence-electron chi connectivity index (χ1n) is 6.01. The maximum Gasteiger partial charge on any atom is 0.214 e. The number of hydrogen-bond acceptors (Lipinski definition) is 3. The first-order chi connectivity index (χ1) is 8.55. The van der Waals surface area contributed by atoms with Crippen LogP contribution in [0, 0.1) is 11.3 Å². The molecule has 0 radical (unpaired) electrons. The van der Waals surface area contributed by atoms with Crippen molar-refractivity contribution < 1.29 is 8.42 Å². The molecule has 0 heterocycles. The lowest BCUT2D eigenvalue weighted by Gasteiger charge is -2.20. The molecule has 5 heteroatoms. The molecule has 0 atom stereocenters. The predicted molar refractivity (Wildman–Crippen MR) is 71.3 cm³/mol. The van der Waals surface area contributed by atoms with E-state index in [9.17, 15) is 8.42 Å². The van der Waals surface area contributed by atoms with E-state index in [1.807, 2.05) is 19.9 Å². The topological polar surface area (TPSA) is 61.2 Å². The van der Waals surface area contributed by atoms with Crippen LogP contribution in [0.25, 0.3) is 0 Å². The first kappa shape index (κ1) is 14.7. The molecule has 0 saturated carbocycles. The molecule has 4 nitrogen and oxygen atoms in total. The fourth-order valence-corrected chi connectivity index (χ4v) is 3.25. The third-order valence-electron chi connectivity index (χ3n) is 2.69. The summed E-state index contributed by atoms with van der Waals surface area (Å²) < 4.78 is 25.4. The Hall–Kier alpha value is -1.38. The van der Waals surface area contributed by atoms with Gasteiger partial charge in [-0.05, 0) is 18.1 Å². The van der Waals surface area contributed by atoms with E-state index in [1.165, 1.54) is 4.31 Å². The van der Waals surface area contributed by atoms with Crippen molar-refractivity contribution in [3.05, 3.63) is 35.4 Å². The van der Waals surface area contributed by atoms with Crippen molar-refractivity contribution in [3.63, 3.8) is 0 Å². The number of sulfonamides is 1. The first-order valence-corrected chi connectivity index (χ1v) is 7.61. The monoisotopic (exact) mass is 266 g/mol. The molecule has 0 aliphatic rings. The number of rotatable bonds is 6. The van der Waals surface area contributed by atoms with Crippen LogP contribution >= 0.6 is 0 Å². The number of hydrogen-bond donors (Lipinski definition) is 0. The van der Waals surface area contributed by atoms with Gasteiger partial charge in [0.1, 0.15) is 0 Å². The lowest BCUT2D eigenvalue weighted by molar-refractivity contribution is 0.422. The fourth-order valence-electron chi connectivity index (χ4n) is 1.75. The van der Waals surface area contributed by atoms with Crippen molar-refractivity contribution in [2.45, 2.75) is 26.8 Å². The van der Waals surface area contributed by atoms with Gasteiger partial charge in [0, 0.05) is 13.1 Å². The highest BCUT2D eigenvalue weighted by molar-refractivity contribution is 7.89. The summed E-state index contributed by atoms with van der Waals surface area (Å²) in [5.41, 5.74) is 1.28. The minimum absolute atomic E-state index is 0.148. The van der Waals surface area contributed by atoms with Crippen LogP contribution < -0.4 is 0 Å². The van der Waals surface area contributed by atoms with E-state index in [4.69, 9.17) is 5.26 Å². The van der Waals surface area contributed by atoms with Gasteiger partial charge in [0.25, 0.3) is 0 Å². The summed E-state index contributed by atoms with van der Waals surface area (Å²) >= 11 is 0. The van der Waals surface area contributed by atoms with Crippen LogP contribution in [0.5, 0.6) is 0 Å². The molecule has 0 spiro atoms. The molecule has 1 aromatic rings. The molecule has 1 rings (SSSR count). The van der Waals surface area contributed by atoms with E-state index < -0.39 is 10.0 Å². The van der Waals surface area contributed by atoms with Crippen molar-refractivity contribution in [1.29, 1.82) is 5.26 Å². The van der Waals surface area contributed by atoms with Gasteiger partial charge in [-0.25, -0.2) is 8.42 Å². The predicted octanol–water partition coefficient (Wildman–Crippen LogP) is 2.12. The minimum Gasteiger partial charge on any atom is -0.212 e. The Morgan fingerprint density at radius 3 is 2.50 bits per heavy atom. The van der Waals surface area contributed by atoms with Gasteiger partial charge in [-0.3, -0.25) is 0 Å². The van der Waals surface area contributed by atoms with Crippen molar-refractivity contribution >= 4 is 10.0 Å². The Labute approximate surface area is 109 Å². The molecular formula is C13H18N2O2S. The number of nitrogens with zero attached hydrogens (tertiary/aromatic N) is 2. The third-order valence-corrected chi connectivity index (χ3v) is 4.79. The Bertz CT molecular complexity index is 532. The van der Waals surface area contributed by atoms with Crippen LogP contribution in [-0.2, 0) is 16.6 Å². The molecule has 0 N–H and O–H groups in total. The largest absolute Gasteiger partial charge is 0.214 e. The number of nitriles is 1. The standard InChI is InChI=1S/C13H18N2O2S/c1-3-9-18(16,17)15(4-2)11-13-8-6-5-7-12(13)10-14/h5-8H,3-4,9,11H2,1-2H3. The van der Waals surface area contributed by atoms with Gasteiger partial charge in [-0.1, -0.05) is 32.0 Å². The third kappa shape index (κ3) is 3.56. The lowest BCUT2D eigenvalue weighted by atomic mass is 10.1. The molecular weight excluding hydrogens is 248 g/mol. The molecule has 0 bridgehead atoms. The van der Waals surface area contributed by atoms with E-state index in [0.29, 0.717) is 18.5 Å². The molecule has 98 valence electrons. The van der Waals surface area contributed by atoms with E-state index >= 15 is 0 Å². The molecule has 0 fully saturated rings.